The first-order chi connectivity index (χ1) is 18.5. The van der Waals surface area contributed by atoms with Gasteiger partial charge in [0.05, 0.1) is 32.1 Å². The summed E-state index contributed by atoms with van der Waals surface area (Å²) in [5.41, 5.74) is 23.6. The standard InChI is InChI=1S/C24H32N14/c25-21(26)35-33-15-19-5-7-20(8-6-19)16-34-36-22(27)37-38-12-11-30-24(38)32-14-18-3-1-17(2-4-18)13-31-23-28-9-10-29-23/h1-8,15-16H,9-14H2,(H10,25,26,27,28,29,30,31,32,33,34,35,36,37)/p+1. The van der Waals surface area contributed by atoms with Crippen LogP contribution in [0.25, 0.3) is 0 Å². The molecule has 14 heteroatoms. The third-order valence-electron chi connectivity index (χ3n) is 5.45. The number of rotatable bonds is 9. The Hall–Kier alpha value is -5.14. The number of guanidine groups is 4. The molecule has 2 aromatic rings. The van der Waals surface area contributed by atoms with E-state index >= 15 is 0 Å². The smallest absolute Gasteiger partial charge is 0.368 e. The third-order valence-corrected chi connectivity index (χ3v) is 5.45. The lowest BCUT2D eigenvalue weighted by molar-refractivity contribution is -0.563. The first-order valence-electron chi connectivity index (χ1n) is 12.1. The molecule has 11 N–H and O–H groups in total. The van der Waals surface area contributed by atoms with Crippen molar-refractivity contribution < 1.29 is 4.68 Å². The summed E-state index contributed by atoms with van der Waals surface area (Å²) in [5, 5.41) is 28.6. The zero-order valence-electron chi connectivity index (χ0n) is 20.9. The second-order valence-electron chi connectivity index (χ2n) is 8.39. The minimum atomic E-state index is -0.0956. The monoisotopic (exact) mass is 517 g/mol. The molecule has 0 atom stereocenters. The predicted molar refractivity (Wildman–Crippen MR) is 151 cm³/mol. The molecule has 0 radical (unpaired) electrons. The molecule has 2 aliphatic heterocycles. The van der Waals surface area contributed by atoms with Gasteiger partial charge < -0.3 is 27.8 Å². The summed E-state index contributed by atoms with van der Waals surface area (Å²) in [4.78, 5) is 4.34. The Bertz CT molecular complexity index is 1250. The Kier molecular flexibility index (Phi) is 9.04. The first kappa shape index (κ1) is 25.9. The van der Waals surface area contributed by atoms with Gasteiger partial charge in [-0.3, -0.25) is 15.6 Å². The van der Waals surface area contributed by atoms with Crippen LogP contribution >= 0.6 is 0 Å². The Morgan fingerprint density at radius 2 is 1.47 bits per heavy atom. The molecule has 38 heavy (non-hydrogen) atoms. The van der Waals surface area contributed by atoms with Crippen LogP contribution in [0, 0.1) is 0 Å². The van der Waals surface area contributed by atoms with Crippen LogP contribution in [0.15, 0.2) is 73.9 Å². The first-order valence-corrected chi connectivity index (χ1v) is 12.1. The Morgan fingerprint density at radius 1 is 0.842 bits per heavy atom. The number of nitrogens with two attached hydrogens (primary N) is 3. The van der Waals surface area contributed by atoms with Crippen LogP contribution in [0.3, 0.4) is 0 Å². The van der Waals surface area contributed by atoms with Crippen molar-refractivity contribution in [1.29, 1.82) is 0 Å². The van der Waals surface area contributed by atoms with Crippen LogP contribution < -0.4 is 43.9 Å². The Balaban J connectivity index is 1.25. The molecular weight excluding hydrogens is 484 g/mol. The van der Waals surface area contributed by atoms with E-state index in [0.29, 0.717) is 13.1 Å². The van der Waals surface area contributed by atoms with Crippen molar-refractivity contribution in [2.75, 3.05) is 26.2 Å². The Labute approximate surface area is 220 Å². The van der Waals surface area contributed by atoms with Gasteiger partial charge >= 0.3 is 5.96 Å². The number of hydrazone groups is 1. The third kappa shape index (κ3) is 8.22. The van der Waals surface area contributed by atoms with Gasteiger partial charge in [-0.15, -0.1) is 10.2 Å². The lowest BCUT2D eigenvalue weighted by atomic mass is 10.1. The minimum Gasteiger partial charge on any atom is -0.369 e. The number of nitrogens with one attached hydrogen (secondary N) is 5. The molecule has 0 fully saturated rings. The molecule has 0 spiro atoms. The van der Waals surface area contributed by atoms with Crippen molar-refractivity contribution in [1.82, 2.24) is 26.7 Å². The van der Waals surface area contributed by atoms with Gasteiger partial charge in [-0.25, -0.2) is 5.43 Å². The van der Waals surface area contributed by atoms with E-state index in [4.69, 9.17) is 17.2 Å². The summed E-state index contributed by atoms with van der Waals surface area (Å²) in [7, 11) is 0. The highest BCUT2D eigenvalue weighted by molar-refractivity contribution is 5.85. The quantitative estimate of drug-likeness (QED) is 0.0828. The zero-order chi connectivity index (χ0) is 26.6. The molecule has 2 heterocycles. The van der Waals surface area contributed by atoms with Crippen LogP contribution in [0.5, 0.6) is 0 Å². The van der Waals surface area contributed by atoms with E-state index in [1.54, 1.807) is 12.4 Å². The van der Waals surface area contributed by atoms with E-state index in [1.807, 2.05) is 28.9 Å². The lowest BCUT2D eigenvalue weighted by Crippen LogP contribution is -2.46. The molecule has 0 bridgehead atoms. The second kappa shape index (κ2) is 13.2. The van der Waals surface area contributed by atoms with Gasteiger partial charge in [0.25, 0.3) is 0 Å². The highest BCUT2D eigenvalue weighted by Gasteiger charge is 2.20. The summed E-state index contributed by atoms with van der Waals surface area (Å²) in [6.45, 7) is 4.60. The van der Waals surface area contributed by atoms with Gasteiger partial charge in [0, 0.05) is 13.1 Å². The largest absolute Gasteiger partial charge is 0.369 e. The average molecular weight is 518 g/mol. The molecule has 4 rings (SSSR count). The molecule has 0 aromatic heterocycles. The maximum absolute atomic E-state index is 6.03. The normalized spacial score (nSPS) is 15.4. The number of hydrogen-bond donors (Lipinski definition) is 8. The number of hydrazine groups is 1. The molecule has 0 unspecified atom stereocenters. The van der Waals surface area contributed by atoms with Gasteiger partial charge in [-0.1, -0.05) is 48.5 Å². The van der Waals surface area contributed by atoms with Crippen LogP contribution in [-0.4, -0.2) is 67.1 Å². The summed E-state index contributed by atoms with van der Waals surface area (Å²) in [5.74, 6) is 1.76. The maximum atomic E-state index is 6.03. The number of aliphatic imine (C=N–C) groups is 1. The van der Waals surface area contributed by atoms with Crippen molar-refractivity contribution in [3.05, 3.63) is 70.8 Å². The van der Waals surface area contributed by atoms with E-state index in [-0.39, 0.29) is 11.9 Å². The van der Waals surface area contributed by atoms with Crippen molar-refractivity contribution in [2.24, 2.45) is 42.6 Å². The van der Waals surface area contributed by atoms with E-state index in [0.717, 1.165) is 54.8 Å². The van der Waals surface area contributed by atoms with Crippen molar-refractivity contribution in [3.63, 3.8) is 0 Å². The molecule has 0 aliphatic carbocycles. The van der Waals surface area contributed by atoms with Gasteiger partial charge in [0.15, 0.2) is 5.96 Å². The molecular formula is C24H33N14+. The SMILES string of the molecule is NC(N)=NN=Cc1ccc(C=NN=C(N)N[N+]2=C(NCc3ccc(CNC4=NCCN4)cc3)NCC2)cc1. The summed E-state index contributed by atoms with van der Waals surface area (Å²) in [6.07, 6.45) is 3.15. The highest BCUT2D eigenvalue weighted by Crippen LogP contribution is 2.05. The van der Waals surface area contributed by atoms with Crippen LogP contribution in [0.1, 0.15) is 22.3 Å². The van der Waals surface area contributed by atoms with E-state index in [9.17, 15) is 0 Å². The zero-order valence-corrected chi connectivity index (χ0v) is 20.9. The van der Waals surface area contributed by atoms with Crippen molar-refractivity contribution >= 4 is 36.3 Å². The number of hydrogen-bond acceptors (Lipinski definition) is 9. The van der Waals surface area contributed by atoms with Crippen LogP contribution in [0.4, 0.5) is 0 Å². The summed E-state index contributed by atoms with van der Waals surface area (Å²) >= 11 is 0. The molecule has 2 aliphatic rings. The van der Waals surface area contributed by atoms with Crippen LogP contribution in [0.2, 0.25) is 0 Å². The molecule has 2 aromatic carbocycles. The van der Waals surface area contributed by atoms with Crippen molar-refractivity contribution in [3.8, 4) is 0 Å². The van der Waals surface area contributed by atoms with E-state index in [1.165, 1.54) is 5.56 Å². The molecule has 0 amide bonds. The maximum Gasteiger partial charge on any atom is 0.368 e. The molecule has 0 saturated heterocycles. The fourth-order valence-electron chi connectivity index (χ4n) is 3.57. The average Bonchev–Trinajstić information content (AvgIpc) is 3.60. The molecule has 198 valence electrons. The highest BCUT2D eigenvalue weighted by atomic mass is 15.6. The van der Waals surface area contributed by atoms with E-state index < -0.39 is 0 Å². The van der Waals surface area contributed by atoms with Gasteiger partial charge in [-0.05, 0) is 22.3 Å². The van der Waals surface area contributed by atoms with Crippen molar-refractivity contribution in [2.45, 2.75) is 13.1 Å². The summed E-state index contributed by atoms with van der Waals surface area (Å²) in [6, 6.07) is 15.9. The van der Waals surface area contributed by atoms with E-state index in [2.05, 4.69) is 76.4 Å². The molecule has 14 nitrogen and oxygen atoms in total. The minimum absolute atomic E-state index is 0.0956. The summed E-state index contributed by atoms with van der Waals surface area (Å²) < 4.78 is 1.87. The number of benzene rings is 2. The fraction of sp³-hybridized carbons (Fsp3) is 0.250. The van der Waals surface area contributed by atoms with Gasteiger partial charge in [0.2, 0.25) is 11.9 Å². The second-order valence-corrected chi connectivity index (χ2v) is 8.39. The fourth-order valence-corrected chi connectivity index (χ4v) is 3.57. The number of nitrogens with zero attached hydrogens (tertiary/aromatic N) is 6. The predicted octanol–water partition coefficient (Wildman–Crippen LogP) is -1.74. The topological polar surface area (TPSA) is 203 Å². The lowest BCUT2D eigenvalue weighted by Gasteiger charge is -2.09. The van der Waals surface area contributed by atoms with Gasteiger partial charge in [-0.2, -0.15) is 14.9 Å². The molecule has 0 saturated carbocycles. The van der Waals surface area contributed by atoms with Gasteiger partial charge in [0.1, 0.15) is 6.54 Å². The Morgan fingerprint density at radius 3 is 2.08 bits per heavy atom. The van der Waals surface area contributed by atoms with Crippen LogP contribution in [-0.2, 0) is 13.1 Å².